The van der Waals surface area contributed by atoms with Gasteiger partial charge in [-0.15, -0.1) is 0 Å². The van der Waals surface area contributed by atoms with Gasteiger partial charge in [0.25, 0.3) is 5.91 Å². The van der Waals surface area contributed by atoms with E-state index in [1.165, 1.54) is 0 Å². The number of amides is 1. The van der Waals surface area contributed by atoms with Crippen LogP contribution in [0.2, 0.25) is 0 Å². The number of nitrogens with one attached hydrogen (secondary N) is 1. The normalized spacial score (nSPS) is 23.0. The molecule has 3 aromatic rings. The Morgan fingerprint density at radius 1 is 1.28 bits per heavy atom. The molecular formula is C23H26N6O3. The molecule has 166 valence electrons. The number of aromatic nitrogens is 5. The van der Waals surface area contributed by atoms with Gasteiger partial charge in [0.05, 0.1) is 36.9 Å². The zero-order valence-electron chi connectivity index (χ0n) is 18.0. The fourth-order valence-corrected chi connectivity index (χ4v) is 4.40. The molecule has 4 heterocycles. The van der Waals surface area contributed by atoms with Gasteiger partial charge in [0.1, 0.15) is 11.6 Å². The maximum absolute atomic E-state index is 11.8. The van der Waals surface area contributed by atoms with Crippen molar-refractivity contribution in [2.75, 3.05) is 13.2 Å². The van der Waals surface area contributed by atoms with Crippen molar-refractivity contribution in [1.82, 2.24) is 29.7 Å². The van der Waals surface area contributed by atoms with E-state index in [0.717, 1.165) is 55.5 Å². The van der Waals surface area contributed by atoms with Gasteiger partial charge < -0.3 is 14.8 Å². The van der Waals surface area contributed by atoms with Crippen LogP contribution >= 0.6 is 0 Å². The van der Waals surface area contributed by atoms with E-state index in [1.807, 2.05) is 29.3 Å². The molecule has 1 aliphatic heterocycles. The van der Waals surface area contributed by atoms with Crippen LogP contribution in [0.1, 0.15) is 45.1 Å². The van der Waals surface area contributed by atoms with Crippen LogP contribution in [0.25, 0.3) is 16.8 Å². The summed E-state index contributed by atoms with van der Waals surface area (Å²) in [6.07, 6.45) is 11.9. The van der Waals surface area contributed by atoms with Crippen molar-refractivity contribution in [1.29, 1.82) is 0 Å². The largest absolute Gasteiger partial charge is 0.473 e. The highest BCUT2D eigenvalue weighted by Crippen LogP contribution is 2.29. The Hall–Kier alpha value is -3.38. The minimum Gasteiger partial charge on any atom is -0.473 e. The summed E-state index contributed by atoms with van der Waals surface area (Å²) in [5.74, 6) is 5.49. The van der Waals surface area contributed by atoms with Crippen molar-refractivity contribution < 1.29 is 14.3 Å². The summed E-state index contributed by atoms with van der Waals surface area (Å²) in [5, 5.41) is 11.9. The molecule has 0 spiro atoms. The molecule has 0 unspecified atom stereocenters. The second-order valence-electron chi connectivity index (χ2n) is 8.27. The van der Waals surface area contributed by atoms with Crippen LogP contribution in [0.4, 0.5) is 0 Å². The highest BCUT2D eigenvalue weighted by atomic mass is 16.5. The van der Waals surface area contributed by atoms with Crippen LogP contribution in [0.15, 0.2) is 30.9 Å². The third kappa shape index (κ3) is 4.32. The quantitative estimate of drug-likeness (QED) is 0.620. The lowest BCUT2D eigenvalue weighted by molar-refractivity contribution is -0.116. The molecule has 0 radical (unpaired) electrons. The van der Waals surface area contributed by atoms with E-state index in [1.54, 1.807) is 17.6 Å². The van der Waals surface area contributed by atoms with E-state index in [4.69, 9.17) is 14.5 Å². The first-order chi connectivity index (χ1) is 15.7. The molecular weight excluding hydrogens is 408 g/mol. The summed E-state index contributed by atoms with van der Waals surface area (Å²) in [4.78, 5) is 16.7. The maximum atomic E-state index is 11.8. The third-order valence-corrected chi connectivity index (χ3v) is 6.01. The van der Waals surface area contributed by atoms with Crippen LogP contribution < -0.4 is 10.1 Å². The van der Waals surface area contributed by atoms with Crippen LogP contribution in [0.3, 0.4) is 0 Å². The van der Waals surface area contributed by atoms with Crippen molar-refractivity contribution in [3.05, 3.63) is 30.9 Å². The van der Waals surface area contributed by atoms with Gasteiger partial charge >= 0.3 is 0 Å². The Kier molecular flexibility index (Phi) is 5.77. The number of hydrogen-bond donors (Lipinski definition) is 1. The van der Waals surface area contributed by atoms with Gasteiger partial charge in [-0.1, -0.05) is 5.92 Å². The second-order valence-corrected chi connectivity index (χ2v) is 8.27. The average Bonchev–Trinajstić information content (AvgIpc) is 3.54. The van der Waals surface area contributed by atoms with E-state index in [9.17, 15) is 4.79 Å². The Morgan fingerprint density at radius 2 is 2.22 bits per heavy atom. The van der Waals surface area contributed by atoms with Crippen LogP contribution in [0, 0.1) is 11.8 Å². The molecule has 3 atom stereocenters. The summed E-state index contributed by atoms with van der Waals surface area (Å²) < 4.78 is 15.6. The highest BCUT2D eigenvalue weighted by molar-refractivity contribution is 5.93. The van der Waals surface area contributed by atoms with Gasteiger partial charge in [0.2, 0.25) is 5.88 Å². The van der Waals surface area contributed by atoms with E-state index in [-0.39, 0.29) is 24.1 Å². The van der Waals surface area contributed by atoms with Crippen LogP contribution in [0.5, 0.6) is 5.88 Å². The van der Waals surface area contributed by atoms with E-state index >= 15 is 0 Å². The Labute approximate surface area is 186 Å². The number of rotatable bonds is 5. The number of carbonyl (C=O) groups is 1. The van der Waals surface area contributed by atoms with E-state index in [2.05, 4.69) is 27.4 Å². The summed E-state index contributed by atoms with van der Waals surface area (Å²) >= 11 is 0. The van der Waals surface area contributed by atoms with Gasteiger partial charge in [-0.05, 0) is 44.6 Å². The lowest BCUT2D eigenvalue weighted by Crippen LogP contribution is -2.40. The fourth-order valence-electron chi connectivity index (χ4n) is 4.40. The Morgan fingerprint density at radius 3 is 3.06 bits per heavy atom. The Balaban J connectivity index is 1.36. The highest BCUT2D eigenvalue weighted by Gasteiger charge is 2.26. The zero-order valence-corrected chi connectivity index (χ0v) is 18.0. The monoisotopic (exact) mass is 434 g/mol. The third-order valence-electron chi connectivity index (χ3n) is 6.01. The Bertz CT molecular complexity index is 1170. The molecule has 1 amide bonds. The first kappa shape index (κ1) is 20.5. The molecule has 3 aromatic heterocycles. The van der Waals surface area contributed by atoms with Crippen molar-refractivity contribution in [2.45, 2.75) is 57.2 Å². The number of carbonyl (C=O) groups excluding carboxylic acids is 1. The first-order valence-electron chi connectivity index (χ1n) is 11.1. The maximum Gasteiger partial charge on any atom is 0.296 e. The standard InChI is InChI=1S/C23H26N6O3/c1-2-4-22(30)26-17-5-3-6-19(11-17)32-23-21-7-9-24-29(21)14-20(27-23)16-12-25-28(13-16)18-8-10-31-15-18/h7,9,12-14,17-19H,3,5-6,8,10-11,15H2,1H3,(H,26,30)/t17-,18+,19+/m0/s1. The zero-order chi connectivity index (χ0) is 21.9. The minimum atomic E-state index is -0.235. The van der Waals surface area contributed by atoms with Crippen molar-refractivity contribution >= 4 is 11.4 Å². The summed E-state index contributed by atoms with van der Waals surface area (Å²) in [5.41, 5.74) is 2.47. The number of nitrogens with zero attached hydrogens (tertiary/aromatic N) is 5. The summed E-state index contributed by atoms with van der Waals surface area (Å²) in [7, 11) is 0. The van der Waals surface area contributed by atoms with E-state index in [0.29, 0.717) is 12.5 Å². The van der Waals surface area contributed by atoms with Crippen molar-refractivity contribution in [2.24, 2.45) is 0 Å². The molecule has 1 N–H and O–H groups in total. The van der Waals surface area contributed by atoms with Crippen LogP contribution in [-0.2, 0) is 9.53 Å². The molecule has 0 aromatic carbocycles. The van der Waals surface area contributed by atoms with Gasteiger partial charge in [-0.3, -0.25) is 9.48 Å². The molecule has 2 aliphatic rings. The molecule has 32 heavy (non-hydrogen) atoms. The lowest BCUT2D eigenvalue weighted by atomic mass is 9.93. The van der Waals surface area contributed by atoms with Crippen molar-refractivity contribution in [3.63, 3.8) is 0 Å². The predicted octanol–water partition coefficient (Wildman–Crippen LogP) is 2.38. The second kappa shape index (κ2) is 9.01. The fraction of sp³-hybridized carbons (Fsp3) is 0.478. The van der Waals surface area contributed by atoms with Gasteiger partial charge in [-0.2, -0.15) is 10.2 Å². The molecule has 9 heteroatoms. The minimum absolute atomic E-state index is 0.0385. The predicted molar refractivity (Wildman–Crippen MR) is 117 cm³/mol. The number of hydrogen-bond acceptors (Lipinski definition) is 6. The summed E-state index contributed by atoms with van der Waals surface area (Å²) in [6, 6.07) is 2.21. The molecule has 1 saturated heterocycles. The molecule has 5 rings (SSSR count). The molecule has 1 aliphatic carbocycles. The molecule has 0 bridgehead atoms. The number of ether oxygens (including phenoxy) is 2. The molecule has 1 saturated carbocycles. The summed E-state index contributed by atoms with van der Waals surface area (Å²) in [6.45, 7) is 3.11. The van der Waals surface area contributed by atoms with Crippen molar-refractivity contribution in [3.8, 4) is 29.0 Å². The van der Waals surface area contributed by atoms with Gasteiger partial charge in [0, 0.05) is 30.8 Å². The van der Waals surface area contributed by atoms with Crippen LogP contribution in [-0.4, -0.2) is 55.6 Å². The van der Waals surface area contributed by atoms with E-state index < -0.39 is 0 Å². The smallest absolute Gasteiger partial charge is 0.296 e. The topological polar surface area (TPSA) is 95.6 Å². The average molecular weight is 435 g/mol. The first-order valence-corrected chi connectivity index (χ1v) is 11.1. The lowest BCUT2D eigenvalue weighted by Gasteiger charge is -2.29. The molecule has 2 fully saturated rings. The SMILES string of the molecule is CC#CC(=O)N[C@H]1CCC[C@@H](Oc2nc(-c3cnn([C@@H]4CCOC4)c3)cn3nccc23)C1. The number of fused-ring (bicyclic) bond motifs is 1. The van der Waals surface area contributed by atoms with Gasteiger partial charge in [0.15, 0.2) is 0 Å². The molecule has 9 nitrogen and oxygen atoms in total. The van der Waals surface area contributed by atoms with Gasteiger partial charge in [-0.25, -0.2) is 9.50 Å².